The van der Waals surface area contributed by atoms with Crippen LogP contribution in [0.2, 0.25) is 0 Å². The van der Waals surface area contributed by atoms with Crippen LogP contribution in [-0.2, 0) is 24.8 Å². The number of likely N-dealkylation sites (N-methyl/N-ethyl adjacent to an activating group) is 1. The largest absolute Gasteiger partial charge is 0.347 e. The molecule has 1 atom stereocenters. The SMILES string of the molecule is CCc1nn(C)cc1CNC(C)C(=O)N(C)C. The predicted octanol–water partition coefficient (Wildman–Crippen LogP) is 0.549. The number of aromatic nitrogens is 2. The summed E-state index contributed by atoms with van der Waals surface area (Å²) >= 11 is 0. The molecule has 1 amide bonds. The Bertz CT molecular complexity index is 384. The van der Waals surface area contributed by atoms with E-state index in [4.69, 9.17) is 0 Å². The van der Waals surface area contributed by atoms with Crippen molar-refractivity contribution in [1.82, 2.24) is 20.0 Å². The van der Waals surface area contributed by atoms with Crippen molar-refractivity contribution in [3.63, 3.8) is 0 Å². The van der Waals surface area contributed by atoms with Crippen LogP contribution in [-0.4, -0.2) is 40.7 Å². The standard InChI is InChI=1S/C12H22N4O/c1-6-11-10(8-16(5)14-11)7-13-9(2)12(17)15(3)4/h8-9,13H,6-7H2,1-5H3. The normalized spacial score (nSPS) is 12.5. The summed E-state index contributed by atoms with van der Waals surface area (Å²) in [5, 5.41) is 7.59. The van der Waals surface area contributed by atoms with E-state index >= 15 is 0 Å². The molecule has 5 nitrogen and oxygen atoms in total. The van der Waals surface area contributed by atoms with E-state index in [0.29, 0.717) is 6.54 Å². The first-order chi connectivity index (χ1) is 7.95. The Balaban J connectivity index is 2.58. The van der Waals surface area contributed by atoms with E-state index in [0.717, 1.165) is 17.7 Å². The second-order valence-electron chi connectivity index (χ2n) is 4.46. The van der Waals surface area contributed by atoms with Crippen LogP contribution < -0.4 is 5.32 Å². The van der Waals surface area contributed by atoms with Crippen molar-refractivity contribution in [3.05, 3.63) is 17.5 Å². The molecule has 1 N–H and O–H groups in total. The Morgan fingerprint density at radius 1 is 1.59 bits per heavy atom. The third-order valence-corrected chi connectivity index (χ3v) is 2.74. The number of nitrogens with one attached hydrogen (secondary N) is 1. The van der Waals surface area contributed by atoms with Gasteiger partial charge in [0.2, 0.25) is 5.91 Å². The van der Waals surface area contributed by atoms with Gasteiger partial charge in [-0.25, -0.2) is 0 Å². The summed E-state index contributed by atoms with van der Waals surface area (Å²) in [7, 11) is 5.45. The van der Waals surface area contributed by atoms with Gasteiger partial charge in [0, 0.05) is 39.4 Å². The van der Waals surface area contributed by atoms with Crippen molar-refractivity contribution >= 4 is 5.91 Å². The minimum absolute atomic E-state index is 0.0898. The van der Waals surface area contributed by atoms with Crippen LogP contribution in [0.1, 0.15) is 25.1 Å². The molecule has 96 valence electrons. The Kier molecular flexibility index (Phi) is 4.69. The minimum atomic E-state index is -0.171. The van der Waals surface area contributed by atoms with Crippen LogP contribution in [0, 0.1) is 0 Å². The molecule has 0 aliphatic carbocycles. The van der Waals surface area contributed by atoms with Gasteiger partial charge in [-0.05, 0) is 13.3 Å². The monoisotopic (exact) mass is 238 g/mol. The second kappa shape index (κ2) is 5.82. The summed E-state index contributed by atoms with van der Waals surface area (Å²) < 4.78 is 1.81. The summed E-state index contributed by atoms with van der Waals surface area (Å²) in [5.41, 5.74) is 2.25. The molecule has 0 spiro atoms. The van der Waals surface area contributed by atoms with Gasteiger partial charge >= 0.3 is 0 Å². The van der Waals surface area contributed by atoms with Crippen LogP contribution in [0.4, 0.5) is 0 Å². The summed E-state index contributed by atoms with van der Waals surface area (Å²) in [5.74, 6) is 0.0898. The fraction of sp³-hybridized carbons (Fsp3) is 0.667. The summed E-state index contributed by atoms with van der Waals surface area (Å²) in [4.78, 5) is 13.3. The van der Waals surface area contributed by atoms with Gasteiger partial charge < -0.3 is 10.2 Å². The van der Waals surface area contributed by atoms with Gasteiger partial charge in [0.25, 0.3) is 0 Å². The Morgan fingerprint density at radius 3 is 2.76 bits per heavy atom. The lowest BCUT2D eigenvalue weighted by atomic mass is 10.2. The number of hydrogen-bond acceptors (Lipinski definition) is 3. The first kappa shape index (κ1) is 13.7. The molecule has 0 saturated carbocycles. The van der Waals surface area contributed by atoms with Crippen LogP contribution in [0.3, 0.4) is 0 Å². The van der Waals surface area contributed by atoms with E-state index in [1.54, 1.807) is 19.0 Å². The van der Waals surface area contributed by atoms with Crippen molar-refractivity contribution in [2.45, 2.75) is 32.9 Å². The quantitative estimate of drug-likeness (QED) is 0.815. The Labute approximate surface area is 103 Å². The average molecular weight is 238 g/mol. The lowest BCUT2D eigenvalue weighted by molar-refractivity contribution is -0.130. The molecular formula is C12H22N4O. The lowest BCUT2D eigenvalue weighted by Crippen LogP contribution is -2.41. The highest BCUT2D eigenvalue weighted by Gasteiger charge is 2.15. The zero-order valence-corrected chi connectivity index (χ0v) is 11.3. The van der Waals surface area contributed by atoms with Crippen molar-refractivity contribution in [2.75, 3.05) is 14.1 Å². The number of nitrogens with zero attached hydrogens (tertiary/aromatic N) is 3. The number of carbonyl (C=O) groups excluding carboxylic acids is 1. The van der Waals surface area contributed by atoms with E-state index in [2.05, 4.69) is 17.3 Å². The minimum Gasteiger partial charge on any atom is -0.347 e. The van der Waals surface area contributed by atoms with Crippen LogP contribution >= 0.6 is 0 Å². The molecule has 0 radical (unpaired) electrons. The highest BCUT2D eigenvalue weighted by atomic mass is 16.2. The molecule has 0 fully saturated rings. The number of hydrogen-bond donors (Lipinski definition) is 1. The molecule has 0 saturated heterocycles. The van der Waals surface area contributed by atoms with E-state index in [9.17, 15) is 4.79 Å². The van der Waals surface area contributed by atoms with E-state index in [1.165, 1.54) is 0 Å². The van der Waals surface area contributed by atoms with Crippen molar-refractivity contribution in [3.8, 4) is 0 Å². The van der Waals surface area contributed by atoms with E-state index < -0.39 is 0 Å². The van der Waals surface area contributed by atoms with Gasteiger partial charge in [-0.2, -0.15) is 5.10 Å². The highest BCUT2D eigenvalue weighted by Crippen LogP contribution is 2.07. The number of carbonyl (C=O) groups is 1. The van der Waals surface area contributed by atoms with Crippen molar-refractivity contribution in [2.24, 2.45) is 7.05 Å². The third-order valence-electron chi connectivity index (χ3n) is 2.74. The summed E-state index contributed by atoms with van der Waals surface area (Å²) in [6.45, 7) is 4.64. The third kappa shape index (κ3) is 3.56. The molecule has 5 heteroatoms. The Hall–Kier alpha value is -1.36. The van der Waals surface area contributed by atoms with Gasteiger partial charge in [-0.1, -0.05) is 6.92 Å². The lowest BCUT2D eigenvalue weighted by Gasteiger charge is -2.17. The first-order valence-electron chi connectivity index (χ1n) is 5.91. The maximum Gasteiger partial charge on any atom is 0.238 e. The van der Waals surface area contributed by atoms with Gasteiger partial charge in [0.1, 0.15) is 0 Å². The number of rotatable bonds is 5. The molecular weight excluding hydrogens is 216 g/mol. The van der Waals surface area contributed by atoms with Gasteiger partial charge in [0.05, 0.1) is 11.7 Å². The van der Waals surface area contributed by atoms with Crippen molar-refractivity contribution in [1.29, 1.82) is 0 Å². The molecule has 1 rings (SSSR count). The molecule has 0 aromatic carbocycles. The molecule has 1 unspecified atom stereocenters. The second-order valence-corrected chi connectivity index (χ2v) is 4.46. The topological polar surface area (TPSA) is 50.2 Å². The summed E-state index contributed by atoms with van der Waals surface area (Å²) in [6.07, 6.45) is 2.91. The average Bonchev–Trinajstić information content (AvgIpc) is 2.65. The van der Waals surface area contributed by atoms with Crippen LogP contribution in [0.25, 0.3) is 0 Å². The fourth-order valence-corrected chi connectivity index (χ4v) is 1.77. The highest BCUT2D eigenvalue weighted by molar-refractivity contribution is 5.80. The molecule has 0 aliphatic heterocycles. The van der Waals surface area contributed by atoms with Gasteiger partial charge in [0.15, 0.2) is 0 Å². The van der Waals surface area contributed by atoms with E-state index in [1.807, 2.05) is 24.9 Å². The molecule has 17 heavy (non-hydrogen) atoms. The molecule has 0 aliphatic rings. The van der Waals surface area contributed by atoms with E-state index in [-0.39, 0.29) is 11.9 Å². The van der Waals surface area contributed by atoms with Gasteiger partial charge in [-0.15, -0.1) is 0 Å². The molecule has 1 aromatic rings. The summed E-state index contributed by atoms with van der Waals surface area (Å²) in [6, 6.07) is -0.171. The first-order valence-corrected chi connectivity index (χ1v) is 5.91. The molecule has 1 aromatic heterocycles. The zero-order chi connectivity index (χ0) is 13.0. The van der Waals surface area contributed by atoms with Gasteiger partial charge in [-0.3, -0.25) is 9.48 Å². The maximum atomic E-state index is 11.7. The van der Waals surface area contributed by atoms with Crippen molar-refractivity contribution < 1.29 is 4.79 Å². The number of amides is 1. The predicted molar refractivity (Wildman–Crippen MR) is 67.6 cm³/mol. The fourth-order valence-electron chi connectivity index (χ4n) is 1.77. The zero-order valence-electron chi connectivity index (χ0n) is 11.3. The molecule has 1 heterocycles. The Morgan fingerprint density at radius 2 is 2.24 bits per heavy atom. The molecule has 0 bridgehead atoms. The smallest absolute Gasteiger partial charge is 0.238 e. The van der Waals surface area contributed by atoms with Crippen LogP contribution in [0.15, 0.2) is 6.20 Å². The number of aryl methyl sites for hydroxylation is 2. The maximum absolute atomic E-state index is 11.7. The van der Waals surface area contributed by atoms with Crippen LogP contribution in [0.5, 0.6) is 0 Å².